The Balaban J connectivity index is 1.24. The number of aryl methyl sites for hydroxylation is 1. The Bertz CT molecular complexity index is 1830. The van der Waals surface area contributed by atoms with E-state index in [-0.39, 0.29) is 31.4 Å². The SMILES string of the molecule is C=CCON=C1C[C@@H](C(=O)Nc2ccc3c(c2)c2ccccc2n3CC)N(C(=O)c2ccc(Oc3ccccc3)cc2)C1. The number of likely N-dealkylation sites (tertiary alicyclic amines) is 1. The molecule has 8 heteroatoms. The van der Waals surface area contributed by atoms with Crippen LogP contribution in [0.5, 0.6) is 11.5 Å². The number of aromatic nitrogens is 1. The van der Waals surface area contributed by atoms with Gasteiger partial charge < -0.3 is 24.4 Å². The first-order valence-corrected chi connectivity index (χ1v) is 14.3. The Labute approximate surface area is 249 Å². The summed E-state index contributed by atoms with van der Waals surface area (Å²) < 4.78 is 8.13. The molecule has 8 nitrogen and oxygen atoms in total. The summed E-state index contributed by atoms with van der Waals surface area (Å²) in [6.45, 7) is 7.02. The number of amides is 2. The summed E-state index contributed by atoms with van der Waals surface area (Å²) in [5.74, 6) is 0.751. The van der Waals surface area contributed by atoms with Crippen molar-refractivity contribution in [1.82, 2.24) is 9.47 Å². The lowest BCUT2D eigenvalue weighted by Gasteiger charge is -2.23. The van der Waals surface area contributed by atoms with Crippen LogP contribution in [0, 0.1) is 0 Å². The van der Waals surface area contributed by atoms with E-state index in [0.717, 1.165) is 28.4 Å². The molecule has 43 heavy (non-hydrogen) atoms. The van der Waals surface area contributed by atoms with Crippen molar-refractivity contribution in [3.63, 3.8) is 0 Å². The summed E-state index contributed by atoms with van der Waals surface area (Å²) >= 11 is 0. The largest absolute Gasteiger partial charge is 0.457 e. The Morgan fingerprint density at radius 3 is 2.42 bits per heavy atom. The van der Waals surface area contributed by atoms with Gasteiger partial charge in [-0.2, -0.15) is 0 Å². The number of carbonyl (C=O) groups excluding carboxylic acids is 2. The quantitative estimate of drug-likeness (QED) is 0.117. The zero-order valence-corrected chi connectivity index (χ0v) is 23.9. The van der Waals surface area contributed by atoms with Gasteiger partial charge in [-0.3, -0.25) is 9.59 Å². The number of oxime groups is 1. The predicted octanol–water partition coefficient (Wildman–Crippen LogP) is 7.02. The summed E-state index contributed by atoms with van der Waals surface area (Å²) in [7, 11) is 0. The van der Waals surface area contributed by atoms with Crippen LogP contribution in [-0.4, -0.2) is 46.2 Å². The molecule has 216 valence electrons. The van der Waals surface area contributed by atoms with Crippen molar-refractivity contribution < 1.29 is 19.2 Å². The van der Waals surface area contributed by atoms with E-state index in [2.05, 4.69) is 40.7 Å². The lowest BCUT2D eigenvalue weighted by molar-refractivity contribution is -0.119. The van der Waals surface area contributed by atoms with E-state index in [4.69, 9.17) is 9.57 Å². The van der Waals surface area contributed by atoms with E-state index in [1.807, 2.05) is 60.7 Å². The molecule has 2 amide bonds. The minimum absolute atomic E-state index is 0.180. The van der Waals surface area contributed by atoms with Crippen molar-refractivity contribution in [2.45, 2.75) is 25.9 Å². The third-order valence-corrected chi connectivity index (χ3v) is 7.54. The molecule has 0 aliphatic carbocycles. The molecular formula is C35H32N4O4. The molecule has 0 spiro atoms. The fourth-order valence-corrected chi connectivity index (χ4v) is 5.55. The maximum atomic E-state index is 13.7. The normalized spacial score (nSPS) is 15.6. The molecule has 6 rings (SSSR count). The lowest BCUT2D eigenvalue weighted by atomic mass is 10.1. The molecule has 1 atom stereocenters. The smallest absolute Gasteiger partial charge is 0.254 e. The Morgan fingerprint density at radius 2 is 1.65 bits per heavy atom. The van der Waals surface area contributed by atoms with Crippen LogP contribution in [0.4, 0.5) is 5.69 Å². The summed E-state index contributed by atoms with van der Waals surface area (Å²) in [4.78, 5) is 34.3. The van der Waals surface area contributed by atoms with E-state index in [1.165, 1.54) is 0 Å². The standard InChI is InChI=1S/C35H32N4O4/c1-3-20-42-37-26-22-33(39(23-26)35(41)24-14-17-28(18-15-24)43-27-10-6-5-7-11-27)34(40)36-25-16-19-32-30(21-25)29-12-8-9-13-31(29)38(32)4-2/h3,5-19,21,33H,1,4,20,22-23H2,2H3,(H,36,40)/t33-/m0/s1. The topological polar surface area (TPSA) is 85.2 Å². The van der Waals surface area contributed by atoms with Gasteiger partial charge in [0.05, 0.1) is 12.3 Å². The number of rotatable bonds is 9. The van der Waals surface area contributed by atoms with Crippen LogP contribution >= 0.6 is 0 Å². The molecule has 4 aromatic carbocycles. The summed E-state index contributed by atoms with van der Waals surface area (Å²) in [6, 6.07) is 29.7. The molecular weight excluding hydrogens is 540 g/mol. The third kappa shape index (κ3) is 5.72. The van der Waals surface area contributed by atoms with E-state index >= 15 is 0 Å². The van der Waals surface area contributed by atoms with E-state index in [1.54, 1.807) is 35.2 Å². The molecule has 0 unspecified atom stereocenters. The lowest BCUT2D eigenvalue weighted by Crippen LogP contribution is -2.43. The molecule has 0 saturated carbocycles. The number of carbonyl (C=O) groups is 2. The molecule has 2 heterocycles. The van der Waals surface area contributed by atoms with Crippen LogP contribution < -0.4 is 10.1 Å². The second kappa shape index (κ2) is 12.2. The van der Waals surface area contributed by atoms with Gasteiger partial charge in [-0.25, -0.2) is 0 Å². The minimum Gasteiger partial charge on any atom is -0.457 e. The number of ether oxygens (including phenoxy) is 1. The molecule has 5 aromatic rings. The van der Waals surface area contributed by atoms with Gasteiger partial charge in [0.25, 0.3) is 5.91 Å². The molecule has 1 fully saturated rings. The number of hydrogen-bond acceptors (Lipinski definition) is 5. The first-order chi connectivity index (χ1) is 21.1. The average molecular weight is 573 g/mol. The van der Waals surface area contributed by atoms with Crippen LogP contribution in [0.1, 0.15) is 23.7 Å². The maximum Gasteiger partial charge on any atom is 0.254 e. The number of hydrogen-bond donors (Lipinski definition) is 1. The highest BCUT2D eigenvalue weighted by Gasteiger charge is 2.38. The van der Waals surface area contributed by atoms with E-state index in [9.17, 15) is 9.59 Å². The Kier molecular flexibility index (Phi) is 7.91. The first kappa shape index (κ1) is 27.8. The van der Waals surface area contributed by atoms with Gasteiger partial charge in [0.1, 0.15) is 24.1 Å². The van der Waals surface area contributed by atoms with E-state index < -0.39 is 6.04 Å². The van der Waals surface area contributed by atoms with Crippen LogP contribution in [0.3, 0.4) is 0 Å². The molecule has 1 aliphatic heterocycles. The number of fused-ring (bicyclic) bond motifs is 3. The van der Waals surface area contributed by atoms with Crippen LogP contribution in [0.2, 0.25) is 0 Å². The maximum absolute atomic E-state index is 13.7. The molecule has 1 saturated heterocycles. The second-order valence-electron chi connectivity index (χ2n) is 10.3. The van der Waals surface area contributed by atoms with Gasteiger partial charge in [0.2, 0.25) is 5.91 Å². The number of nitrogens with one attached hydrogen (secondary N) is 1. The van der Waals surface area contributed by atoms with Crippen molar-refractivity contribution in [1.29, 1.82) is 0 Å². The van der Waals surface area contributed by atoms with Gasteiger partial charge in [0, 0.05) is 46.0 Å². The minimum atomic E-state index is -0.758. The number of para-hydroxylation sites is 2. The highest BCUT2D eigenvalue weighted by Crippen LogP contribution is 2.31. The fraction of sp³-hybridized carbons (Fsp3) is 0.171. The van der Waals surface area contributed by atoms with Crippen LogP contribution in [0.25, 0.3) is 21.8 Å². The van der Waals surface area contributed by atoms with Crippen LogP contribution in [0.15, 0.2) is 115 Å². The van der Waals surface area contributed by atoms with Crippen molar-refractivity contribution >= 4 is 45.0 Å². The number of benzene rings is 4. The van der Waals surface area contributed by atoms with Crippen molar-refractivity contribution in [2.75, 3.05) is 18.5 Å². The van der Waals surface area contributed by atoms with Gasteiger partial charge >= 0.3 is 0 Å². The highest BCUT2D eigenvalue weighted by atomic mass is 16.6. The van der Waals surface area contributed by atoms with Crippen molar-refractivity contribution in [2.24, 2.45) is 5.16 Å². The van der Waals surface area contributed by atoms with Crippen molar-refractivity contribution in [3.8, 4) is 11.5 Å². The zero-order chi connectivity index (χ0) is 29.8. The fourth-order valence-electron chi connectivity index (χ4n) is 5.55. The van der Waals surface area contributed by atoms with Gasteiger partial charge in [-0.15, -0.1) is 0 Å². The molecule has 1 aromatic heterocycles. The Hall–Kier alpha value is -5.37. The summed E-state index contributed by atoms with van der Waals surface area (Å²) in [5.41, 5.74) is 3.98. The van der Waals surface area contributed by atoms with Gasteiger partial charge in [0.15, 0.2) is 0 Å². The zero-order valence-electron chi connectivity index (χ0n) is 23.9. The summed E-state index contributed by atoms with van der Waals surface area (Å²) in [6.07, 6.45) is 1.86. The summed E-state index contributed by atoms with van der Waals surface area (Å²) in [5, 5.41) is 9.42. The second-order valence-corrected chi connectivity index (χ2v) is 10.3. The number of nitrogens with zero attached hydrogens (tertiary/aromatic N) is 3. The average Bonchev–Trinajstić information content (AvgIpc) is 3.61. The molecule has 0 radical (unpaired) electrons. The molecule has 0 bridgehead atoms. The van der Waals surface area contributed by atoms with Crippen molar-refractivity contribution in [3.05, 3.63) is 115 Å². The molecule has 1 N–H and O–H groups in total. The van der Waals surface area contributed by atoms with Gasteiger partial charge in [-0.1, -0.05) is 54.2 Å². The Morgan fingerprint density at radius 1 is 0.930 bits per heavy atom. The molecule has 1 aliphatic rings. The van der Waals surface area contributed by atoms with Crippen LogP contribution in [-0.2, 0) is 16.2 Å². The highest BCUT2D eigenvalue weighted by molar-refractivity contribution is 6.11. The number of anilines is 1. The first-order valence-electron chi connectivity index (χ1n) is 14.3. The third-order valence-electron chi connectivity index (χ3n) is 7.54. The van der Waals surface area contributed by atoms with E-state index in [0.29, 0.717) is 28.5 Å². The predicted molar refractivity (Wildman–Crippen MR) is 170 cm³/mol. The van der Waals surface area contributed by atoms with Gasteiger partial charge in [-0.05, 0) is 67.6 Å². The monoisotopic (exact) mass is 572 g/mol.